The number of piperidine rings is 1. The second kappa shape index (κ2) is 8.89. The molecule has 3 rings (SSSR count). The molecule has 0 saturated carbocycles. The summed E-state index contributed by atoms with van der Waals surface area (Å²) in [7, 11) is 1.76. The van der Waals surface area contributed by atoms with Crippen molar-refractivity contribution in [3.05, 3.63) is 48.2 Å². The third-order valence-corrected chi connectivity index (χ3v) is 6.72. The molecule has 2 N–H and O–H groups in total. The smallest absolute Gasteiger partial charge is 0.241 e. The monoisotopic (exact) mass is 404 g/mol. The maximum Gasteiger partial charge on any atom is 0.241 e. The molecule has 1 saturated heterocycles. The molecule has 1 aromatic heterocycles. The van der Waals surface area contributed by atoms with E-state index in [1.165, 1.54) is 18.8 Å². The number of rotatable bonds is 7. The minimum atomic E-state index is -3.47. The van der Waals surface area contributed by atoms with E-state index in [1.54, 1.807) is 19.2 Å². The summed E-state index contributed by atoms with van der Waals surface area (Å²) in [6.45, 7) is 1.84. The fourth-order valence-corrected chi connectivity index (χ4v) is 4.47. The highest BCUT2D eigenvalue weighted by Gasteiger charge is 2.30. The molecule has 0 spiro atoms. The Bertz CT molecular complexity index is 869. The lowest BCUT2D eigenvalue weighted by Gasteiger charge is -2.39. The topological polar surface area (TPSA) is 83.6 Å². The van der Waals surface area contributed by atoms with Crippen LogP contribution in [0, 0.1) is 5.92 Å². The van der Waals surface area contributed by atoms with E-state index in [-0.39, 0.29) is 4.90 Å². The summed E-state index contributed by atoms with van der Waals surface area (Å²) in [5.74, 6) is 1.96. The zero-order valence-electron chi connectivity index (χ0n) is 16.6. The van der Waals surface area contributed by atoms with E-state index in [2.05, 4.69) is 39.1 Å². The number of pyridine rings is 1. The van der Waals surface area contributed by atoms with Crippen molar-refractivity contribution in [1.82, 2.24) is 14.6 Å². The van der Waals surface area contributed by atoms with Crippen molar-refractivity contribution in [2.24, 2.45) is 5.92 Å². The average molecular weight is 405 g/mol. The first-order valence-corrected chi connectivity index (χ1v) is 10.9. The summed E-state index contributed by atoms with van der Waals surface area (Å²) in [4.78, 5) is 6.81. The summed E-state index contributed by atoms with van der Waals surface area (Å²) in [5, 5.41) is 3.38. The van der Waals surface area contributed by atoms with Crippen LogP contribution in [0.25, 0.3) is 0 Å². The summed E-state index contributed by atoms with van der Waals surface area (Å²) in [6.07, 6.45) is 3.66. The van der Waals surface area contributed by atoms with Crippen molar-refractivity contribution in [2.75, 3.05) is 39.6 Å². The summed E-state index contributed by atoms with van der Waals surface area (Å²) in [6, 6.07) is 11.9. The number of benzene rings is 1. The zero-order valence-corrected chi connectivity index (χ0v) is 17.4. The second-order valence-electron chi connectivity index (χ2n) is 7.07. The van der Waals surface area contributed by atoms with Crippen molar-refractivity contribution in [1.29, 1.82) is 0 Å². The van der Waals surface area contributed by atoms with Gasteiger partial charge in [0.2, 0.25) is 10.0 Å². The van der Waals surface area contributed by atoms with Gasteiger partial charge in [-0.15, -0.1) is 0 Å². The molecular formula is C20H28N4O3S. The van der Waals surface area contributed by atoms with Crippen LogP contribution in [-0.4, -0.2) is 52.6 Å². The Labute approximate surface area is 167 Å². The molecule has 2 heterocycles. The average Bonchev–Trinajstić information content (AvgIpc) is 2.73. The largest absolute Gasteiger partial charge is 0.497 e. The van der Waals surface area contributed by atoms with Crippen LogP contribution in [0.1, 0.15) is 24.4 Å². The number of hydrogen-bond donors (Lipinski definition) is 2. The molecule has 0 amide bonds. The first-order chi connectivity index (χ1) is 13.4. The third kappa shape index (κ3) is 4.63. The van der Waals surface area contributed by atoms with E-state index in [1.807, 2.05) is 12.1 Å². The van der Waals surface area contributed by atoms with Crippen molar-refractivity contribution >= 4 is 15.8 Å². The highest BCUT2D eigenvalue weighted by Crippen LogP contribution is 2.35. The molecule has 0 aliphatic carbocycles. The maximum atomic E-state index is 11.8. The molecule has 152 valence electrons. The first-order valence-electron chi connectivity index (χ1n) is 9.42. The molecule has 0 bridgehead atoms. The third-order valence-electron chi connectivity index (χ3n) is 5.33. The van der Waals surface area contributed by atoms with Crippen LogP contribution in [0.4, 0.5) is 5.82 Å². The van der Waals surface area contributed by atoms with Crippen molar-refractivity contribution in [2.45, 2.75) is 23.8 Å². The van der Waals surface area contributed by atoms with Gasteiger partial charge in [-0.25, -0.2) is 18.1 Å². The molecule has 8 heteroatoms. The number of aromatic nitrogens is 1. The van der Waals surface area contributed by atoms with Gasteiger partial charge in [-0.05, 0) is 69.2 Å². The van der Waals surface area contributed by atoms with Gasteiger partial charge in [0.1, 0.15) is 16.5 Å². The zero-order chi connectivity index (χ0) is 20.1. The lowest BCUT2D eigenvalue weighted by molar-refractivity contribution is 0.128. The van der Waals surface area contributed by atoms with Crippen molar-refractivity contribution in [3.63, 3.8) is 0 Å². The van der Waals surface area contributed by atoms with Crippen LogP contribution < -0.4 is 14.8 Å². The quantitative estimate of drug-likeness (QED) is 0.738. The van der Waals surface area contributed by atoms with Gasteiger partial charge in [-0.1, -0.05) is 12.1 Å². The van der Waals surface area contributed by atoms with Crippen molar-refractivity contribution < 1.29 is 13.2 Å². The van der Waals surface area contributed by atoms with Gasteiger partial charge in [-0.3, -0.25) is 4.90 Å². The number of anilines is 1. The van der Waals surface area contributed by atoms with Crippen LogP contribution in [0.15, 0.2) is 47.5 Å². The lowest BCUT2D eigenvalue weighted by atomic mass is 9.85. The molecule has 1 aliphatic rings. The summed E-state index contributed by atoms with van der Waals surface area (Å²) >= 11 is 0. The number of likely N-dealkylation sites (tertiary alicyclic amines) is 1. The van der Waals surface area contributed by atoms with Crippen LogP contribution in [0.5, 0.6) is 5.75 Å². The molecule has 1 aromatic carbocycles. The van der Waals surface area contributed by atoms with Crippen LogP contribution in [-0.2, 0) is 10.0 Å². The highest BCUT2D eigenvalue weighted by atomic mass is 32.2. The fraction of sp³-hybridized carbons (Fsp3) is 0.450. The molecular weight excluding hydrogens is 376 g/mol. The number of nitrogens with zero attached hydrogens (tertiary/aromatic N) is 2. The number of hydrogen-bond acceptors (Lipinski definition) is 6. The highest BCUT2D eigenvalue weighted by molar-refractivity contribution is 7.89. The van der Waals surface area contributed by atoms with Gasteiger partial charge in [0.05, 0.1) is 7.11 Å². The molecule has 2 aromatic rings. The van der Waals surface area contributed by atoms with E-state index in [0.29, 0.717) is 17.8 Å². The Hall–Kier alpha value is -2.16. The minimum Gasteiger partial charge on any atom is -0.497 e. The number of ether oxygens (including phenoxy) is 1. The van der Waals surface area contributed by atoms with Gasteiger partial charge in [0.15, 0.2) is 0 Å². The standard InChI is InChI=1S/C20H28N4O3S/c1-21-28(25,26)18-10-11-19(23-14-18)22-13-16-5-4-12-24(2)20(16)15-6-8-17(27-3)9-7-15/h6-11,14,16,20-21H,4-5,12-13H2,1-3H3,(H,22,23). The van der Waals surface area contributed by atoms with Gasteiger partial charge in [0, 0.05) is 18.8 Å². The Kier molecular flexibility index (Phi) is 6.53. The van der Waals surface area contributed by atoms with Gasteiger partial charge >= 0.3 is 0 Å². The van der Waals surface area contributed by atoms with E-state index >= 15 is 0 Å². The molecule has 28 heavy (non-hydrogen) atoms. The Balaban J connectivity index is 1.70. The SMILES string of the molecule is CNS(=O)(=O)c1ccc(NCC2CCCN(C)C2c2ccc(OC)cc2)nc1. The predicted octanol–water partition coefficient (Wildman–Crippen LogP) is 2.49. The van der Waals surface area contributed by atoms with E-state index in [0.717, 1.165) is 31.7 Å². The second-order valence-corrected chi connectivity index (χ2v) is 8.96. The summed E-state index contributed by atoms with van der Waals surface area (Å²) < 4.78 is 31.2. The van der Waals surface area contributed by atoms with Gasteiger partial charge in [-0.2, -0.15) is 0 Å². The van der Waals surface area contributed by atoms with E-state index < -0.39 is 10.0 Å². The molecule has 7 nitrogen and oxygen atoms in total. The number of sulfonamides is 1. The molecule has 1 fully saturated rings. The van der Waals surface area contributed by atoms with Gasteiger partial charge < -0.3 is 10.1 Å². The number of methoxy groups -OCH3 is 1. The normalized spacial score (nSPS) is 20.7. The molecule has 0 radical (unpaired) electrons. The Morgan fingerprint density at radius 1 is 1.21 bits per heavy atom. The van der Waals surface area contributed by atoms with Crippen LogP contribution in [0.2, 0.25) is 0 Å². The van der Waals surface area contributed by atoms with Crippen LogP contribution in [0.3, 0.4) is 0 Å². The van der Waals surface area contributed by atoms with E-state index in [4.69, 9.17) is 4.74 Å². The van der Waals surface area contributed by atoms with Crippen molar-refractivity contribution in [3.8, 4) is 5.75 Å². The molecule has 2 atom stereocenters. The van der Waals surface area contributed by atoms with E-state index in [9.17, 15) is 8.42 Å². The number of nitrogens with one attached hydrogen (secondary N) is 2. The first kappa shape index (κ1) is 20.6. The Morgan fingerprint density at radius 3 is 2.57 bits per heavy atom. The predicted molar refractivity (Wildman–Crippen MR) is 110 cm³/mol. The molecule has 2 unspecified atom stereocenters. The Morgan fingerprint density at radius 2 is 1.96 bits per heavy atom. The van der Waals surface area contributed by atoms with Crippen LogP contribution >= 0.6 is 0 Å². The fourth-order valence-electron chi connectivity index (χ4n) is 3.80. The minimum absolute atomic E-state index is 0.161. The summed E-state index contributed by atoms with van der Waals surface area (Å²) in [5.41, 5.74) is 1.28. The maximum absolute atomic E-state index is 11.8. The lowest BCUT2D eigenvalue weighted by Crippen LogP contribution is -2.39. The molecule has 1 aliphatic heterocycles. The van der Waals surface area contributed by atoms with Gasteiger partial charge in [0.25, 0.3) is 0 Å².